The second-order valence-electron chi connectivity index (χ2n) is 7.52. The monoisotopic (exact) mass is 321 g/mol. The standard InChI is InChI=1S/C17H23NO5/c1-16(2,3)23-15(22)18-10-7-6-9(8-11(10)19)12-13(14(20)21)17(12,4)5/h6-8,12-13,19H,1-5H3,(H,18,22)(H,20,21)/t12-,13+/m0/s1. The summed E-state index contributed by atoms with van der Waals surface area (Å²) in [7, 11) is 0. The van der Waals surface area contributed by atoms with Crippen LogP contribution in [0, 0.1) is 11.3 Å². The maximum Gasteiger partial charge on any atom is 0.412 e. The third-order valence-corrected chi connectivity index (χ3v) is 4.11. The van der Waals surface area contributed by atoms with E-state index in [9.17, 15) is 19.8 Å². The van der Waals surface area contributed by atoms with Crippen molar-refractivity contribution in [2.24, 2.45) is 11.3 Å². The van der Waals surface area contributed by atoms with Crippen molar-refractivity contribution in [3.8, 4) is 5.75 Å². The van der Waals surface area contributed by atoms with Crippen LogP contribution in [0.4, 0.5) is 10.5 Å². The minimum atomic E-state index is -0.838. The highest BCUT2D eigenvalue weighted by Gasteiger charge is 2.62. The Kier molecular flexibility index (Phi) is 4.05. The lowest BCUT2D eigenvalue weighted by molar-refractivity contribution is -0.139. The van der Waals surface area contributed by atoms with E-state index in [0.29, 0.717) is 0 Å². The van der Waals surface area contributed by atoms with Crippen LogP contribution in [-0.4, -0.2) is 27.9 Å². The predicted molar refractivity (Wildman–Crippen MR) is 85.6 cm³/mol. The fraction of sp³-hybridized carbons (Fsp3) is 0.529. The Morgan fingerprint density at radius 2 is 1.87 bits per heavy atom. The molecule has 0 spiro atoms. The zero-order chi connectivity index (χ0) is 17.6. The Hall–Kier alpha value is -2.24. The highest BCUT2D eigenvalue weighted by molar-refractivity contribution is 5.87. The van der Waals surface area contributed by atoms with E-state index in [-0.39, 0.29) is 22.8 Å². The SMILES string of the molecule is CC(C)(C)OC(=O)Nc1ccc([C@H]2[C@H](C(=O)O)C2(C)C)cc1O. The Morgan fingerprint density at radius 3 is 2.30 bits per heavy atom. The number of anilines is 1. The van der Waals surface area contributed by atoms with Gasteiger partial charge in [-0.3, -0.25) is 10.1 Å². The summed E-state index contributed by atoms with van der Waals surface area (Å²) in [5.41, 5.74) is -0.00640. The number of carbonyl (C=O) groups is 2. The van der Waals surface area contributed by atoms with Crippen LogP contribution in [0.15, 0.2) is 18.2 Å². The molecule has 0 aliphatic heterocycles. The quantitative estimate of drug-likeness (QED) is 0.740. The molecule has 6 heteroatoms. The van der Waals surface area contributed by atoms with Gasteiger partial charge in [-0.2, -0.15) is 0 Å². The molecule has 1 aliphatic carbocycles. The lowest BCUT2D eigenvalue weighted by Crippen LogP contribution is -2.27. The predicted octanol–water partition coefficient (Wildman–Crippen LogP) is 3.56. The van der Waals surface area contributed by atoms with Gasteiger partial charge >= 0.3 is 12.1 Å². The Labute approximate surface area is 135 Å². The second-order valence-corrected chi connectivity index (χ2v) is 7.52. The fourth-order valence-electron chi connectivity index (χ4n) is 2.98. The number of phenols is 1. The molecule has 0 radical (unpaired) electrons. The van der Waals surface area contributed by atoms with E-state index in [1.807, 2.05) is 13.8 Å². The van der Waals surface area contributed by atoms with Crippen molar-refractivity contribution in [2.75, 3.05) is 5.32 Å². The second kappa shape index (κ2) is 5.44. The van der Waals surface area contributed by atoms with Crippen molar-refractivity contribution in [2.45, 2.75) is 46.1 Å². The van der Waals surface area contributed by atoms with Gasteiger partial charge in [0.15, 0.2) is 0 Å². The summed E-state index contributed by atoms with van der Waals surface area (Å²) in [6, 6.07) is 4.78. The van der Waals surface area contributed by atoms with Gasteiger partial charge in [-0.05, 0) is 43.9 Å². The molecule has 2 rings (SSSR count). The minimum absolute atomic E-state index is 0.111. The molecule has 0 unspecified atom stereocenters. The molecule has 126 valence electrons. The molecule has 3 N–H and O–H groups in total. The van der Waals surface area contributed by atoms with Gasteiger partial charge in [0, 0.05) is 5.92 Å². The van der Waals surface area contributed by atoms with Crippen molar-refractivity contribution in [1.29, 1.82) is 0 Å². The molecule has 1 fully saturated rings. The summed E-state index contributed by atoms with van der Waals surface area (Å²) in [6.45, 7) is 9.02. The fourth-order valence-corrected chi connectivity index (χ4v) is 2.98. The van der Waals surface area contributed by atoms with Crippen LogP contribution in [-0.2, 0) is 9.53 Å². The summed E-state index contributed by atoms with van der Waals surface area (Å²) < 4.78 is 5.13. The van der Waals surface area contributed by atoms with Gasteiger partial charge < -0.3 is 14.9 Å². The van der Waals surface area contributed by atoms with Gasteiger partial charge in [0.25, 0.3) is 0 Å². The van der Waals surface area contributed by atoms with E-state index >= 15 is 0 Å². The normalized spacial score (nSPS) is 22.3. The Balaban J connectivity index is 2.14. The maximum atomic E-state index is 11.7. The van der Waals surface area contributed by atoms with Gasteiger partial charge in [0.1, 0.15) is 11.4 Å². The van der Waals surface area contributed by atoms with Crippen molar-refractivity contribution in [3.63, 3.8) is 0 Å². The lowest BCUT2D eigenvalue weighted by Gasteiger charge is -2.20. The number of nitrogens with one attached hydrogen (secondary N) is 1. The van der Waals surface area contributed by atoms with E-state index in [2.05, 4.69) is 5.32 Å². The molecule has 0 saturated heterocycles. The molecular formula is C17H23NO5. The lowest BCUT2D eigenvalue weighted by atomic mass is 10.0. The maximum absolute atomic E-state index is 11.7. The summed E-state index contributed by atoms with van der Waals surface area (Å²) in [5, 5.41) is 21.8. The van der Waals surface area contributed by atoms with Crippen molar-refractivity contribution < 1.29 is 24.5 Å². The summed E-state index contributed by atoms with van der Waals surface area (Å²) in [6.07, 6.45) is -0.657. The third-order valence-electron chi connectivity index (χ3n) is 4.11. The summed E-state index contributed by atoms with van der Waals surface area (Å²) in [5.74, 6) is -1.57. The number of amides is 1. The largest absolute Gasteiger partial charge is 0.506 e. The van der Waals surface area contributed by atoms with Crippen LogP contribution < -0.4 is 5.32 Å². The Morgan fingerprint density at radius 1 is 1.26 bits per heavy atom. The zero-order valence-corrected chi connectivity index (χ0v) is 14.0. The molecule has 1 aromatic rings. The first-order chi connectivity index (χ1) is 10.4. The van der Waals surface area contributed by atoms with E-state index in [1.165, 1.54) is 6.07 Å². The number of carbonyl (C=O) groups excluding carboxylic acids is 1. The molecule has 1 aromatic carbocycles. The average Bonchev–Trinajstić information content (AvgIpc) is 2.92. The number of carboxylic acids is 1. The van der Waals surface area contributed by atoms with Crippen molar-refractivity contribution in [3.05, 3.63) is 23.8 Å². The molecule has 0 heterocycles. The molecule has 1 aliphatic rings. The average molecular weight is 321 g/mol. The van der Waals surface area contributed by atoms with Gasteiger partial charge in [0.05, 0.1) is 11.6 Å². The first-order valence-corrected chi connectivity index (χ1v) is 7.49. The van der Waals surface area contributed by atoms with Crippen molar-refractivity contribution in [1.82, 2.24) is 0 Å². The summed E-state index contributed by atoms with van der Waals surface area (Å²) >= 11 is 0. The topological polar surface area (TPSA) is 95.9 Å². The van der Waals surface area contributed by atoms with E-state index in [0.717, 1.165) is 5.56 Å². The van der Waals surface area contributed by atoms with Crippen LogP contribution in [0.2, 0.25) is 0 Å². The molecule has 1 amide bonds. The number of hydrogen-bond donors (Lipinski definition) is 3. The molecule has 2 atom stereocenters. The van der Waals surface area contributed by atoms with E-state index in [4.69, 9.17) is 4.74 Å². The van der Waals surface area contributed by atoms with Gasteiger partial charge in [-0.25, -0.2) is 4.79 Å². The van der Waals surface area contributed by atoms with E-state index in [1.54, 1.807) is 32.9 Å². The molecule has 1 saturated carbocycles. The van der Waals surface area contributed by atoms with Crippen molar-refractivity contribution >= 4 is 17.7 Å². The van der Waals surface area contributed by atoms with Crippen LogP contribution in [0.25, 0.3) is 0 Å². The zero-order valence-electron chi connectivity index (χ0n) is 14.0. The minimum Gasteiger partial charge on any atom is -0.506 e. The van der Waals surface area contributed by atoms with Crippen LogP contribution in [0.5, 0.6) is 5.75 Å². The number of aliphatic carboxylic acids is 1. The molecule has 6 nitrogen and oxygen atoms in total. The highest BCUT2D eigenvalue weighted by atomic mass is 16.6. The number of ether oxygens (including phenoxy) is 1. The number of benzene rings is 1. The third kappa shape index (κ3) is 3.57. The number of carboxylic acid groups (broad SMARTS) is 1. The number of hydrogen-bond acceptors (Lipinski definition) is 4. The Bertz CT molecular complexity index is 645. The number of rotatable bonds is 3. The number of aromatic hydroxyl groups is 1. The van der Waals surface area contributed by atoms with Gasteiger partial charge in [-0.15, -0.1) is 0 Å². The van der Waals surface area contributed by atoms with Gasteiger partial charge in [0.2, 0.25) is 0 Å². The van der Waals surface area contributed by atoms with E-state index < -0.39 is 23.6 Å². The van der Waals surface area contributed by atoms with Crippen LogP contribution in [0.3, 0.4) is 0 Å². The van der Waals surface area contributed by atoms with Gasteiger partial charge in [-0.1, -0.05) is 19.9 Å². The molecular weight excluding hydrogens is 298 g/mol. The molecule has 23 heavy (non-hydrogen) atoms. The molecule has 0 bridgehead atoms. The molecule has 0 aromatic heterocycles. The number of phenolic OH excluding ortho intramolecular Hbond substituents is 1. The smallest absolute Gasteiger partial charge is 0.412 e. The first kappa shape index (κ1) is 17.1. The van der Waals surface area contributed by atoms with Crippen LogP contribution >= 0.6 is 0 Å². The van der Waals surface area contributed by atoms with Crippen LogP contribution in [0.1, 0.15) is 46.1 Å². The first-order valence-electron chi connectivity index (χ1n) is 7.49. The highest BCUT2D eigenvalue weighted by Crippen LogP contribution is 2.64. The summed E-state index contributed by atoms with van der Waals surface area (Å²) in [4.78, 5) is 23.0.